The number of nitriles is 1. The molecule has 1 aliphatic heterocycles. The maximum Gasteiger partial charge on any atom is 0.228 e. The maximum absolute atomic E-state index is 9.10. The predicted molar refractivity (Wildman–Crippen MR) is 131 cm³/mol. The highest BCUT2D eigenvalue weighted by molar-refractivity contribution is 7.99. The van der Waals surface area contributed by atoms with Crippen LogP contribution in [0.5, 0.6) is 0 Å². The average molecular weight is 443 g/mol. The fraction of sp³-hybridized carbons (Fsp3) is 0.320. The Kier molecular flexibility index (Phi) is 5.40. The molecular weight excluding hydrogens is 416 g/mol. The molecule has 2 aromatic carbocycles. The molecule has 0 atom stereocenters. The van der Waals surface area contributed by atoms with E-state index < -0.39 is 0 Å². The minimum atomic E-state index is -0.119. The summed E-state index contributed by atoms with van der Waals surface area (Å²) in [6.07, 6.45) is 2.02. The van der Waals surface area contributed by atoms with Crippen molar-refractivity contribution in [2.45, 2.75) is 36.7 Å². The molecule has 2 N–H and O–H groups in total. The van der Waals surface area contributed by atoms with Crippen LogP contribution in [0.4, 0.5) is 11.8 Å². The molecule has 1 fully saturated rings. The summed E-state index contributed by atoms with van der Waals surface area (Å²) in [5.41, 5.74) is 3.72. The van der Waals surface area contributed by atoms with Gasteiger partial charge in [-0.1, -0.05) is 36.4 Å². The number of hydrogen-bond donors (Lipinski definition) is 2. The van der Waals surface area contributed by atoms with E-state index in [1.54, 1.807) is 0 Å². The van der Waals surface area contributed by atoms with E-state index in [2.05, 4.69) is 77.6 Å². The van der Waals surface area contributed by atoms with Crippen LogP contribution in [0.15, 0.2) is 59.6 Å². The highest BCUT2D eigenvalue weighted by Crippen LogP contribution is 2.37. The fourth-order valence-corrected chi connectivity index (χ4v) is 5.12. The van der Waals surface area contributed by atoms with Gasteiger partial charge in [0.2, 0.25) is 5.95 Å². The SMILES string of the molecule is C=C(C#N)NC1(CNc2nc(N3CCSc4ccccc4C3)nc3ccc(C)cc23)CC1. The van der Waals surface area contributed by atoms with Crippen LogP contribution >= 0.6 is 11.8 Å². The smallest absolute Gasteiger partial charge is 0.228 e. The fourth-order valence-electron chi connectivity index (χ4n) is 4.10. The molecule has 7 heteroatoms. The number of allylic oxidation sites excluding steroid dienone is 1. The van der Waals surface area contributed by atoms with E-state index in [1.807, 2.05) is 11.8 Å². The van der Waals surface area contributed by atoms with Gasteiger partial charge in [0.1, 0.15) is 17.6 Å². The Morgan fingerprint density at radius 1 is 1.25 bits per heavy atom. The molecule has 0 bridgehead atoms. The van der Waals surface area contributed by atoms with Crippen molar-refractivity contribution in [3.63, 3.8) is 0 Å². The monoisotopic (exact) mass is 442 g/mol. The number of anilines is 2. The molecule has 32 heavy (non-hydrogen) atoms. The first-order valence-electron chi connectivity index (χ1n) is 10.9. The third-order valence-electron chi connectivity index (χ3n) is 6.07. The zero-order chi connectivity index (χ0) is 22.1. The molecular formula is C25H26N6S. The van der Waals surface area contributed by atoms with Gasteiger partial charge in [-0.2, -0.15) is 10.2 Å². The first-order chi connectivity index (χ1) is 15.5. The van der Waals surface area contributed by atoms with Crippen LogP contribution in [-0.2, 0) is 6.54 Å². The summed E-state index contributed by atoms with van der Waals surface area (Å²) in [7, 11) is 0. The highest BCUT2D eigenvalue weighted by atomic mass is 32.2. The maximum atomic E-state index is 9.10. The second kappa shape index (κ2) is 8.36. The topological polar surface area (TPSA) is 76.9 Å². The van der Waals surface area contributed by atoms with Gasteiger partial charge < -0.3 is 15.5 Å². The third kappa shape index (κ3) is 4.23. The lowest BCUT2D eigenvalue weighted by molar-refractivity contribution is 0.592. The van der Waals surface area contributed by atoms with Crippen LogP contribution in [0.2, 0.25) is 0 Å². The average Bonchev–Trinajstić information content (AvgIpc) is 3.60. The van der Waals surface area contributed by atoms with Crippen molar-refractivity contribution in [1.82, 2.24) is 15.3 Å². The Bertz CT molecular complexity index is 1230. The summed E-state index contributed by atoms with van der Waals surface area (Å²) >= 11 is 1.89. The second-order valence-electron chi connectivity index (χ2n) is 8.62. The standard InChI is InChI=1S/C25H26N6S/c1-17-7-8-21-20(13-17)23(27-16-25(9-10-25)30-18(2)14-26)29-24(28-21)31-11-12-32-22-6-4-3-5-19(22)15-31/h3-8,13,30H,2,9-12,15-16H2,1H3,(H,27,28,29). The second-order valence-corrected chi connectivity index (χ2v) is 9.76. The van der Waals surface area contributed by atoms with Gasteiger partial charge in [0.15, 0.2) is 0 Å². The number of rotatable bonds is 6. The van der Waals surface area contributed by atoms with E-state index in [1.165, 1.54) is 16.0 Å². The Labute approximate surface area is 192 Å². The molecule has 0 saturated heterocycles. The minimum Gasteiger partial charge on any atom is -0.370 e. The number of nitrogens with zero attached hydrogens (tertiary/aromatic N) is 4. The van der Waals surface area contributed by atoms with E-state index in [4.69, 9.17) is 15.2 Å². The van der Waals surface area contributed by atoms with Crippen LogP contribution in [0.1, 0.15) is 24.0 Å². The molecule has 6 nitrogen and oxygen atoms in total. The van der Waals surface area contributed by atoms with Gasteiger partial charge in [-0.3, -0.25) is 0 Å². The van der Waals surface area contributed by atoms with Gasteiger partial charge in [-0.25, -0.2) is 4.98 Å². The first-order valence-corrected chi connectivity index (χ1v) is 11.9. The molecule has 162 valence electrons. The zero-order valence-electron chi connectivity index (χ0n) is 18.2. The van der Waals surface area contributed by atoms with E-state index in [9.17, 15) is 0 Å². The quantitative estimate of drug-likeness (QED) is 0.539. The van der Waals surface area contributed by atoms with Gasteiger partial charge >= 0.3 is 0 Å². The van der Waals surface area contributed by atoms with Crippen LogP contribution in [0.25, 0.3) is 10.9 Å². The van der Waals surface area contributed by atoms with Crippen LogP contribution in [0, 0.1) is 18.3 Å². The number of hydrogen-bond acceptors (Lipinski definition) is 7. The summed E-state index contributed by atoms with van der Waals surface area (Å²) in [5, 5.41) is 17.0. The van der Waals surface area contributed by atoms with E-state index in [-0.39, 0.29) is 5.54 Å². The molecule has 1 aliphatic carbocycles. The summed E-state index contributed by atoms with van der Waals surface area (Å²) < 4.78 is 0. The minimum absolute atomic E-state index is 0.119. The van der Waals surface area contributed by atoms with Crippen molar-refractivity contribution in [2.75, 3.05) is 29.1 Å². The van der Waals surface area contributed by atoms with Crippen molar-refractivity contribution in [3.8, 4) is 6.07 Å². The molecule has 1 aromatic heterocycles. The lowest BCUT2D eigenvalue weighted by Crippen LogP contribution is -2.37. The molecule has 0 radical (unpaired) electrons. The number of nitrogens with one attached hydrogen (secondary N) is 2. The number of thioether (sulfide) groups is 1. The van der Waals surface area contributed by atoms with Crippen molar-refractivity contribution >= 4 is 34.4 Å². The first kappa shape index (κ1) is 20.7. The molecule has 0 unspecified atom stereocenters. The Morgan fingerprint density at radius 3 is 2.91 bits per heavy atom. The lowest BCUT2D eigenvalue weighted by Gasteiger charge is -2.23. The van der Waals surface area contributed by atoms with Gasteiger partial charge in [0.05, 0.1) is 11.1 Å². The van der Waals surface area contributed by atoms with Gasteiger partial charge in [-0.15, -0.1) is 11.8 Å². The highest BCUT2D eigenvalue weighted by Gasteiger charge is 2.43. The van der Waals surface area contributed by atoms with Crippen LogP contribution in [-0.4, -0.2) is 34.3 Å². The molecule has 0 amide bonds. The zero-order valence-corrected chi connectivity index (χ0v) is 19.0. The lowest BCUT2D eigenvalue weighted by atomic mass is 10.1. The van der Waals surface area contributed by atoms with Gasteiger partial charge in [0.25, 0.3) is 0 Å². The summed E-state index contributed by atoms with van der Waals surface area (Å²) in [4.78, 5) is 13.5. The molecule has 0 spiro atoms. The van der Waals surface area contributed by atoms with Crippen LogP contribution in [0.3, 0.4) is 0 Å². The summed E-state index contributed by atoms with van der Waals surface area (Å²) in [5.74, 6) is 2.59. The van der Waals surface area contributed by atoms with Gasteiger partial charge in [0, 0.05) is 35.7 Å². The third-order valence-corrected chi connectivity index (χ3v) is 7.17. The number of aromatic nitrogens is 2. The largest absolute Gasteiger partial charge is 0.370 e. The molecule has 3 aromatic rings. The van der Waals surface area contributed by atoms with Crippen LogP contribution < -0.4 is 15.5 Å². The normalized spacial score (nSPS) is 16.6. The number of aryl methyl sites for hydroxylation is 1. The van der Waals surface area contributed by atoms with Crippen molar-refractivity contribution in [3.05, 3.63) is 65.9 Å². The van der Waals surface area contributed by atoms with Crippen molar-refractivity contribution in [2.24, 2.45) is 0 Å². The molecule has 5 rings (SSSR count). The summed E-state index contributed by atoms with van der Waals surface area (Å²) in [6.45, 7) is 8.25. The number of fused-ring (bicyclic) bond motifs is 2. The van der Waals surface area contributed by atoms with E-state index in [0.29, 0.717) is 12.2 Å². The Balaban J connectivity index is 1.47. The summed E-state index contributed by atoms with van der Waals surface area (Å²) in [6, 6.07) is 17.0. The Hall–Kier alpha value is -3.24. The molecule has 1 saturated carbocycles. The molecule has 2 aliphatic rings. The molecule has 2 heterocycles. The van der Waals surface area contributed by atoms with Gasteiger partial charge in [-0.05, 0) is 43.5 Å². The Morgan fingerprint density at radius 2 is 2.09 bits per heavy atom. The van der Waals surface area contributed by atoms with Crippen molar-refractivity contribution in [1.29, 1.82) is 5.26 Å². The van der Waals surface area contributed by atoms with Crippen molar-refractivity contribution < 1.29 is 0 Å². The van der Waals surface area contributed by atoms with E-state index in [0.717, 1.165) is 54.4 Å². The van der Waals surface area contributed by atoms with E-state index >= 15 is 0 Å². The number of benzene rings is 2. The predicted octanol–water partition coefficient (Wildman–Crippen LogP) is 4.62.